The van der Waals surface area contributed by atoms with Gasteiger partial charge in [-0.15, -0.1) is 0 Å². The zero-order valence-electron chi connectivity index (χ0n) is 11.4. The van der Waals surface area contributed by atoms with Crippen molar-refractivity contribution in [3.05, 3.63) is 29.8 Å². The molecule has 112 valence electrons. The molecule has 0 radical (unpaired) electrons. The highest BCUT2D eigenvalue weighted by atomic mass is 32.2. The minimum atomic E-state index is -3.79. The van der Waals surface area contributed by atoms with Crippen LogP contribution in [0.5, 0.6) is 0 Å². The third-order valence-electron chi connectivity index (χ3n) is 2.87. The van der Waals surface area contributed by atoms with Crippen molar-refractivity contribution in [2.45, 2.75) is 23.8 Å². The van der Waals surface area contributed by atoms with Gasteiger partial charge in [-0.2, -0.15) is 0 Å². The fourth-order valence-corrected chi connectivity index (χ4v) is 2.84. The average molecular weight is 307 g/mol. The summed E-state index contributed by atoms with van der Waals surface area (Å²) in [5.74, 6) is 5.01. The Kier molecular flexibility index (Phi) is 4.96. The largest absolute Gasteiger partial charge is 0.352 e. The maximum atomic E-state index is 12.2. The summed E-state index contributed by atoms with van der Waals surface area (Å²) in [5, 5.41) is 2.72. The number of sulfonamides is 1. The fraction of sp³-hybridized carbons (Fsp3) is 0.357. The van der Waals surface area contributed by atoms with Gasteiger partial charge >= 0.3 is 0 Å². The number of benzene rings is 1. The van der Waals surface area contributed by atoms with Gasteiger partial charge in [0.25, 0.3) is 0 Å². The molecule has 6 nitrogen and oxygen atoms in total. The van der Waals surface area contributed by atoms with Crippen LogP contribution >= 0.6 is 0 Å². The monoisotopic (exact) mass is 307 g/mol. The maximum absolute atomic E-state index is 12.2. The van der Waals surface area contributed by atoms with Crippen LogP contribution in [-0.2, 0) is 14.8 Å². The summed E-state index contributed by atoms with van der Waals surface area (Å²) < 4.78 is 26.7. The lowest BCUT2D eigenvalue weighted by atomic mass is 10.2. The van der Waals surface area contributed by atoms with Crippen LogP contribution in [-0.4, -0.2) is 33.5 Å². The van der Waals surface area contributed by atoms with Crippen LogP contribution in [0.15, 0.2) is 29.2 Å². The maximum Gasteiger partial charge on any atom is 0.242 e. The van der Waals surface area contributed by atoms with Crippen LogP contribution in [0.25, 0.3) is 0 Å². The number of nitrogens with one attached hydrogen (secondary N) is 2. The molecular weight excluding hydrogens is 290 g/mol. The number of hydrogen-bond donors (Lipinski definition) is 3. The molecule has 7 heteroatoms. The Morgan fingerprint density at radius 1 is 1.33 bits per heavy atom. The zero-order chi connectivity index (χ0) is 15.3. The van der Waals surface area contributed by atoms with E-state index in [2.05, 4.69) is 21.9 Å². The molecule has 0 saturated heterocycles. The van der Waals surface area contributed by atoms with Crippen molar-refractivity contribution in [2.24, 2.45) is 5.73 Å². The molecule has 1 amide bonds. The van der Waals surface area contributed by atoms with Crippen LogP contribution in [0.3, 0.4) is 0 Å². The SMILES string of the molecule is NCC#Cc1ccccc1S(=O)(=O)NCC(=O)NC1CC1. The highest BCUT2D eigenvalue weighted by Gasteiger charge is 2.24. The van der Waals surface area contributed by atoms with Crippen LogP contribution in [0.4, 0.5) is 0 Å². The second-order valence-electron chi connectivity index (χ2n) is 4.67. The summed E-state index contributed by atoms with van der Waals surface area (Å²) in [7, 11) is -3.79. The molecule has 0 spiro atoms. The van der Waals surface area contributed by atoms with E-state index in [4.69, 9.17) is 5.73 Å². The third kappa shape index (κ3) is 4.56. The molecule has 4 N–H and O–H groups in total. The second kappa shape index (κ2) is 6.72. The Balaban J connectivity index is 2.09. The minimum absolute atomic E-state index is 0.0465. The molecule has 0 atom stereocenters. The lowest BCUT2D eigenvalue weighted by molar-refractivity contribution is -0.120. The highest BCUT2D eigenvalue weighted by molar-refractivity contribution is 7.89. The van der Waals surface area contributed by atoms with E-state index in [0.717, 1.165) is 12.8 Å². The first kappa shape index (κ1) is 15.5. The lowest BCUT2D eigenvalue weighted by Gasteiger charge is -2.08. The van der Waals surface area contributed by atoms with Crippen molar-refractivity contribution in [3.8, 4) is 11.8 Å². The number of rotatable bonds is 5. The van der Waals surface area contributed by atoms with E-state index in [-0.39, 0.29) is 29.9 Å². The van der Waals surface area contributed by atoms with Crippen LogP contribution in [0, 0.1) is 11.8 Å². The Labute approximate surface area is 124 Å². The van der Waals surface area contributed by atoms with Crippen molar-refractivity contribution >= 4 is 15.9 Å². The molecule has 0 heterocycles. The van der Waals surface area contributed by atoms with E-state index in [1.165, 1.54) is 6.07 Å². The van der Waals surface area contributed by atoms with Gasteiger partial charge in [0.1, 0.15) is 0 Å². The smallest absolute Gasteiger partial charge is 0.242 e. The first-order valence-corrected chi connectivity index (χ1v) is 8.08. The molecule has 1 aliphatic rings. The van der Waals surface area contributed by atoms with E-state index < -0.39 is 10.0 Å². The normalized spacial score (nSPS) is 14.1. The summed E-state index contributed by atoms with van der Waals surface area (Å²) in [5.41, 5.74) is 5.65. The summed E-state index contributed by atoms with van der Waals surface area (Å²) in [4.78, 5) is 11.6. The number of nitrogens with two attached hydrogens (primary N) is 1. The number of hydrogen-bond acceptors (Lipinski definition) is 4. The first-order chi connectivity index (χ1) is 10.0. The predicted molar refractivity (Wildman–Crippen MR) is 78.7 cm³/mol. The van der Waals surface area contributed by atoms with Gasteiger partial charge in [-0.1, -0.05) is 24.0 Å². The fourth-order valence-electron chi connectivity index (χ4n) is 1.70. The van der Waals surface area contributed by atoms with Crippen LogP contribution in [0.2, 0.25) is 0 Å². The molecule has 21 heavy (non-hydrogen) atoms. The van der Waals surface area contributed by atoms with Crippen molar-refractivity contribution in [1.82, 2.24) is 10.0 Å². The van der Waals surface area contributed by atoms with Crippen molar-refractivity contribution in [2.75, 3.05) is 13.1 Å². The summed E-state index contributed by atoms with van der Waals surface area (Å²) >= 11 is 0. The summed E-state index contributed by atoms with van der Waals surface area (Å²) in [6.45, 7) is -0.136. The molecule has 1 aliphatic carbocycles. The summed E-state index contributed by atoms with van der Waals surface area (Å²) in [6, 6.07) is 6.54. The van der Waals surface area contributed by atoms with Gasteiger partial charge in [0.15, 0.2) is 0 Å². The number of carbonyl (C=O) groups excluding carboxylic acids is 1. The van der Waals surface area contributed by atoms with Gasteiger partial charge in [-0.25, -0.2) is 13.1 Å². The van der Waals surface area contributed by atoms with Gasteiger partial charge in [-0.3, -0.25) is 4.79 Å². The van der Waals surface area contributed by atoms with Gasteiger partial charge in [0.05, 0.1) is 18.0 Å². The molecule has 0 bridgehead atoms. The first-order valence-electron chi connectivity index (χ1n) is 6.60. The van der Waals surface area contributed by atoms with E-state index in [9.17, 15) is 13.2 Å². The van der Waals surface area contributed by atoms with Crippen molar-refractivity contribution < 1.29 is 13.2 Å². The Morgan fingerprint density at radius 2 is 2.05 bits per heavy atom. The quantitative estimate of drug-likeness (QED) is 0.642. The molecule has 0 aliphatic heterocycles. The van der Waals surface area contributed by atoms with E-state index >= 15 is 0 Å². The zero-order valence-corrected chi connectivity index (χ0v) is 12.2. The van der Waals surface area contributed by atoms with E-state index in [1.807, 2.05) is 0 Å². The average Bonchev–Trinajstić information content (AvgIpc) is 3.27. The standard InChI is InChI=1S/C14H17N3O3S/c15-9-3-5-11-4-1-2-6-13(11)21(19,20)16-10-14(18)17-12-7-8-12/h1-2,4,6,12,16H,7-10,15H2,(H,17,18). The molecule has 0 unspecified atom stereocenters. The Hall–Kier alpha value is -1.88. The van der Waals surface area contributed by atoms with E-state index in [1.54, 1.807) is 18.2 Å². The second-order valence-corrected chi connectivity index (χ2v) is 6.40. The molecule has 1 fully saturated rings. The molecule has 1 aromatic carbocycles. The van der Waals surface area contributed by atoms with Crippen molar-refractivity contribution in [1.29, 1.82) is 0 Å². The van der Waals surface area contributed by atoms with E-state index in [0.29, 0.717) is 5.56 Å². The summed E-state index contributed by atoms with van der Waals surface area (Å²) in [6.07, 6.45) is 1.91. The predicted octanol–water partition coefficient (Wildman–Crippen LogP) is -0.446. The Bertz CT molecular complexity index is 685. The number of carbonyl (C=O) groups is 1. The molecule has 0 aromatic heterocycles. The van der Waals surface area contributed by atoms with Gasteiger partial charge in [0.2, 0.25) is 15.9 Å². The molecule has 2 rings (SSSR count). The van der Waals surface area contributed by atoms with Gasteiger partial charge in [0, 0.05) is 11.6 Å². The lowest BCUT2D eigenvalue weighted by Crippen LogP contribution is -2.38. The van der Waals surface area contributed by atoms with Crippen molar-refractivity contribution in [3.63, 3.8) is 0 Å². The van der Waals surface area contributed by atoms with Crippen LogP contribution < -0.4 is 15.8 Å². The minimum Gasteiger partial charge on any atom is -0.352 e. The number of amides is 1. The topological polar surface area (TPSA) is 101 Å². The van der Waals surface area contributed by atoms with Gasteiger partial charge < -0.3 is 11.1 Å². The third-order valence-corrected chi connectivity index (χ3v) is 4.33. The van der Waals surface area contributed by atoms with Gasteiger partial charge in [-0.05, 0) is 25.0 Å². The highest BCUT2D eigenvalue weighted by Crippen LogP contribution is 2.18. The Morgan fingerprint density at radius 3 is 2.71 bits per heavy atom. The van der Waals surface area contributed by atoms with Crippen LogP contribution in [0.1, 0.15) is 18.4 Å². The molecule has 1 aromatic rings. The molecular formula is C14H17N3O3S. The molecule has 1 saturated carbocycles.